The molecule has 2 aromatic rings. The minimum atomic E-state index is 0.139. The summed E-state index contributed by atoms with van der Waals surface area (Å²) in [6.45, 7) is 8.21. The third-order valence-electron chi connectivity index (χ3n) is 4.99. The van der Waals surface area contributed by atoms with Crippen molar-refractivity contribution in [1.82, 2.24) is 4.90 Å². The number of para-hydroxylation sites is 1. The van der Waals surface area contributed by atoms with Gasteiger partial charge in [0.1, 0.15) is 5.75 Å². The molecule has 0 N–H and O–H groups in total. The Hall–Kier alpha value is -2.53. The maximum absolute atomic E-state index is 12.9. The molecule has 0 radical (unpaired) electrons. The van der Waals surface area contributed by atoms with Crippen molar-refractivity contribution in [2.24, 2.45) is 0 Å². The molecule has 5 heteroatoms. The highest BCUT2D eigenvalue weighted by Gasteiger charge is 2.24. The minimum Gasteiger partial charge on any atom is -0.497 e. The van der Waals surface area contributed by atoms with E-state index in [1.807, 2.05) is 47.4 Å². The summed E-state index contributed by atoms with van der Waals surface area (Å²) in [5, 5.41) is 0. The number of rotatable bonds is 6. The van der Waals surface area contributed by atoms with Gasteiger partial charge in [0.15, 0.2) is 0 Å². The number of carbonyl (C=O) groups excluding carboxylic acids is 1. The lowest BCUT2D eigenvalue weighted by atomic mass is 10.2. The van der Waals surface area contributed by atoms with Crippen molar-refractivity contribution in [1.29, 1.82) is 0 Å². The van der Waals surface area contributed by atoms with Crippen molar-refractivity contribution in [2.75, 3.05) is 49.6 Å². The van der Waals surface area contributed by atoms with Crippen LogP contribution in [0.4, 0.5) is 11.4 Å². The lowest BCUT2D eigenvalue weighted by molar-refractivity contribution is -0.120. The number of carbonyl (C=O) groups is 1. The van der Waals surface area contributed by atoms with Crippen LogP contribution in [0.2, 0.25) is 0 Å². The molecule has 0 bridgehead atoms. The van der Waals surface area contributed by atoms with Gasteiger partial charge >= 0.3 is 0 Å². The molecule has 3 rings (SSSR count). The smallest absolute Gasteiger partial charge is 0.241 e. The number of nitrogens with zero attached hydrogens (tertiary/aromatic N) is 3. The molecule has 1 fully saturated rings. The molecule has 1 saturated heterocycles. The molecule has 0 aromatic heterocycles. The van der Waals surface area contributed by atoms with Crippen LogP contribution in [0.3, 0.4) is 0 Å². The Labute approximate surface area is 162 Å². The van der Waals surface area contributed by atoms with Crippen molar-refractivity contribution < 1.29 is 9.53 Å². The lowest BCUT2D eigenvalue weighted by Crippen LogP contribution is -2.51. The Kier molecular flexibility index (Phi) is 6.35. The summed E-state index contributed by atoms with van der Waals surface area (Å²) in [7, 11) is 1.68. The molecule has 1 amide bonds. The molecule has 27 heavy (non-hydrogen) atoms. The van der Waals surface area contributed by atoms with Crippen LogP contribution in [0.15, 0.2) is 54.6 Å². The summed E-state index contributed by atoms with van der Waals surface area (Å²) in [5.41, 5.74) is 2.17. The fourth-order valence-corrected chi connectivity index (χ4v) is 3.54. The van der Waals surface area contributed by atoms with Gasteiger partial charge in [-0.1, -0.05) is 18.2 Å². The molecule has 0 spiro atoms. The monoisotopic (exact) mass is 367 g/mol. The number of hydrogen-bond acceptors (Lipinski definition) is 4. The van der Waals surface area contributed by atoms with Crippen molar-refractivity contribution in [3.63, 3.8) is 0 Å². The zero-order valence-corrected chi connectivity index (χ0v) is 16.5. The van der Waals surface area contributed by atoms with Crippen molar-refractivity contribution in [3.8, 4) is 5.75 Å². The normalized spacial score (nSPS) is 15.0. The van der Waals surface area contributed by atoms with E-state index in [1.165, 1.54) is 5.69 Å². The topological polar surface area (TPSA) is 36.0 Å². The summed E-state index contributed by atoms with van der Waals surface area (Å²) in [6.07, 6.45) is 0. The standard InChI is InChI=1S/C22H29N3O2/c1-18(2)25(20-7-5-4-6-8-20)22(26)17-23-13-15-24(16-14-23)19-9-11-21(27-3)12-10-19/h4-12,18H,13-17H2,1-3H3. The summed E-state index contributed by atoms with van der Waals surface area (Å²) < 4.78 is 5.23. The molecule has 5 nitrogen and oxygen atoms in total. The van der Waals surface area contributed by atoms with E-state index in [4.69, 9.17) is 4.74 Å². The van der Waals surface area contributed by atoms with Gasteiger partial charge in [0.2, 0.25) is 5.91 Å². The first-order valence-corrected chi connectivity index (χ1v) is 9.57. The largest absolute Gasteiger partial charge is 0.497 e. The zero-order chi connectivity index (χ0) is 19.2. The van der Waals surface area contributed by atoms with Crippen molar-refractivity contribution >= 4 is 17.3 Å². The molecule has 144 valence electrons. The molecule has 1 aliphatic heterocycles. The van der Waals surface area contributed by atoms with Crippen LogP contribution in [-0.4, -0.2) is 56.7 Å². The summed E-state index contributed by atoms with van der Waals surface area (Å²) in [6, 6.07) is 18.2. The van der Waals surface area contributed by atoms with Gasteiger partial charge in [0.25, 0.3) is 0 Å². The van der Waals surface area contributed by atoms with E-state index in [2.05, 4.69) is 35.8 Å². The third-order valence-corrected chi connectivity index (χ3v) is 4.99. The zero-order valence-electron chi connectivity index (χ0n) is 16.5. The fourth-order valence-electron chi connectivity index (χ4n) is 3.54. The van der Waals surface area contributed by atoms with Crippen molar-refractivity contribution in [3.05, 3.63) is 54.6 Å². The Morgan fingerprint density at radius 3 is 2.19 bits per heavy atom. The van der Waals surface area contributed by atoms with Crippen LogP contribution in [-0.2, 0) is 4.79 Å². The number of hydrogen-bond donors (Lipinski definition) is 0. The number of piperazine rings is 1. The molecule has 1 heterocycles. The molecular weight excluding hydrogens is 338 g/mol. The number of ether oxygens (including phenoxy) is 1. The SMILES string of the molecule is COc1ccc(N2CCN(CC(=O)N(c3ccccc3)C(C)C)CC2)cc1. The average Bonchev–Trinajstić information content (AvgIpc) is 2.69. The maximum Gasteiger partial charge on any atom is 0.241 e. The molecular formula is C22H29N3O2. The predicted octanol–water partition coefficient (Wildman–Crippen LogP) is 3.26. The Morgan fingerprint density at radius 1 is 1.00 bits per heavy atom. The number of anilines is 2. The first-order valence-electron chi connectivity index (χ1n) is 9.57. The Bertz CT molecular complexity index is 723. The summed E-state index contributed by atoms with van der Waals surface area (Å²) in [4.78, 5) is 19.4. The van der Waals surface area contributed by atoms with E-state index in [-0.39, 0.29) is 11.9 Å². The predicted molar refractivity (Wildman–Crippen MR) is 111 cm³/mol. The summed E-state index contributed by atoms with van der Waals surface area (Å²) in [5.74, 6) is 1.03. The van der Waals surface area contributed by atoms with Crippen LogP contribution < -0.4 is 14.5 Å². The highest BCUT2D eigenvalue weighted by molar-refractivity contribution is 5.95. The number of amides is 1. The van der Waals surface area contributed by atoms with Gasteiger partial charge < -0.3 is 14.5 Å². The number of benzene rings is 2. The van der Waals surface area contributed by atoms with E-state index < -0.39 is 0 Å². The molecule has 0 unspecified atom stereocenters. The molecule has 1 aliphatic rings. The second-order valence-corrected chi connectivity index (χ2v) is 7.15. The van der Waals surface area contributed by atoms with Crippen LogP contribution in [0.25, 0.3) is 0 Å². The van der Waals surface area contributed by atoms with Crippen LogP contribution in [0.5, 0.6) is 5.75 Å². The first kappa shape index (κ1) is 19.2. The average molecular weight is 367 g/mol. The summed E-state index contributed by atoms with van der Waals surface area (Å²) >= 11 is 0. The molecule has 0 aliphatic carbocycles. The quantitative estimate of drug-likeness (QED) is 0.785. The van der Waals surface area contributed by atoms with E-state index in [0.29, 0.717) is 6.54 Å². The van der Waals surface area contributed by atoms with E-state index in [0.717, 1.165) is 37.6 Å². The van der Waals surface area contributed by atoms with Crippen LogP contribution >= 0.6 is 0 Å². The fraction of sp³-hybridized carbons (Fsp3) is 0.409. The molecule has 0 saturated carbocycles. The van der Waals surface area contributed by atoms with E-state index in [9.17, 15) is 4.79 Å². The highest BCUT2D eigenvalue weighted by atomic mass is 16.5. The van der Waals surface area contributed by atoms with Gasteiger partial charge in [0, 0.05) is 43.6 Å². The second-order valence-electron chi connectivity index (χ2n) is 7.15. The third kappa shape index (κ3) is 4.80. The second kappa shape index (κ2) is 8.91. The Balaban J connectivity index is 1.57. The van der Waals surface area contributed by atoms with E-state index in [1.54, 1.807) is 7.11 Å². The van der Waals surface area contributed by atoms with Crippen molar-refractivity contribution in [2.45, 2.75) is 19.9 Å². The van der Waals surface area contributed by atoms with Gasteiger partial charge in [0.05, 0.1) is 13.7 Å². The van der Waals surface area contributed by atoms with Gasteiger partial charge in [-0.25, -0.2) is 0 Å². The minimum absolute atomic E-state index is 0.139. The van der Waals surface area contributed by atoms with Gasteiger partial charge in [-0.15, -0.1) is 0 Å². The van der Waals surface area contributed by atoms with Crippen LogP contribution in [0, 0.1) is 0 Å². The highest BCUT2D eigenvalue weighted by Crippen LogP contribution is 2.21. The lowest BCUT2D eigenvalue weighted by Gasteiger charge is -2.37. The van der Waals surface area contributed by atoms with Gasteiger partial charge in [-0.3, -0.25) is 9.69 Å². The molecule has 2 aromatic carbocycles. The van der Waals surface area contributed by atoms with Crippen LogP contribution in [0.1, 0.15) is 13.8 Å². The molecule has 0 atom stereocenters. The van der Waals surface area contributed by atoms with Gasteiger partial charge in [-0.2, -0.15) is 0 Å². The first-order chi connectivity index (χ1) is 13.1. The van der Waals surface area contributed by atoms with Gasteiger partial charge in [-0.05, 0) is 50.2 Å². The van der Waals surface area contributed by atoms with E-state index >= 15 is 0 Å². The Morgan fingerprint density at radius 2 is 1.63 bits per heavy atom. The number of methoxy groups -OCH3 is 1. The maximum atomic E-state index is 12.9.